The molecular weight excluding hydrogens is 202 g/mol. The van der Waals surface area contributed by atoms with Gasteiger partial charge in [-0.15, -0.1) is 11.8 Å². The maximum atomic E-state index is 10.9. The molecule has 1 rings (SSSR count). The smallest absolute Gasteiger partial charge is 0.315 e. The number of carbonyl (C=O) groups excluding carboxylic acids is 1. The van der Waals surface area contributed by atoms with Gasteiger partial charge in [0.2, 0.25) is 0 Å². The molecule has 0 aliphatic carbocycles. The summed E-state index contributed by atoms with van der Waals surface area (Å²) in [5, 5.41) is 3.95. The summed E-state index contributed by atoms with van der Waals surface area (Å²) in [6.45, 7) is 3.02. The molecule has 0 atom stereocenters. The number of aryl methyl sites for hydroxylation is 1. The molecule has 1 aromatic heterocycles. The third-order valence-corrected chi connectivity index (χ3v) is 2.37. The van der Waals surface area contributed by atoms with Gasteiger partial charge < -0.3 is 4.74 Å². The van der Waals surface area contributed by atoms with Crippen LogP contribution in [0.15, 0.2) is 12.7 Å². The molecule has 0 radical (unpaired) electrons. The molecule has 1 aromatic rings. The first-order valence-corrected chi connectivity index (χ1v) is 5.54. The highest BCUT2D eigenvalue weighted by Gasteiger charge is 2.01. The highest BCUT2D eigenvalue weighted by Crippen LogP contribution is 2.01. The van der Waals surface area contributed by atoms with Crippen molar-refractivity contribution in [1.82, 2.24) is 14.8 Å². The number of thioether (sulfide) groups is 1. The summed E-state index contributed by atoms with van der Waals surface area (Å²) in [6.07, 6.45) is 3.15. The minimum Gasteiger partial charge on any atom is -0.465 e. The van der Waals surface area contributed by atoms with Crippen molar-refractivity contribution >= 4 is 17.7 Å². The molecule has 0 aromatic carbocycles. The molecule has 0 aliphatic heterocycles. The Hall–Kier alpha value is -1.04. The van der Waals surface area contributed by atoms with E-state index in [4.69, 9.17) is 4.74 Å². The zero-order valence-corrected chi connectivity index (χ0v) is 8.87. The third kappa shape index (κ3) is 4.27. The summed E-state index contributed by atoms with van der Waals surface area (Å²) < 4.78 is 6.52. The number of aromatic nitrogens is 3. The number of rotatable bonds is 6. The lowest BCUT2D eigenvalue weighted by Crippen LogP contribution is -2.08. The predicted molar refractivity (Wildman–Crippen MR) is 54.0 cm³/mol. The molecule has 0 amide bonds. The normalized spacial score (nSPS) is 10.1. The van der Waals surface area contributed by atoms with Crippen molar-refractivity contribution in [3.63, 3.8) is 0 Å². The lowest BCUT2D eigenvalue weighted by Gasteiger charge is -2.01. The van der Waals surface area contributed by atoms with Crippen molar-refractivity contribution in [2.45, 2.75) is 13.5 Å². The fourth-order valence-corrected chi connectivity index (χ4v) is 1.57. The number of esters is 1. The van der Waals surface area contributed by atoms with E-state index in [0.717, 1.165) is 12.3 Å². The van der Waals surface area contributed by atoms with Crippen molar-refractivity contribution in [3.05, 3.63) is 12.7 Å². The van der Waals surface area contributed by atoms with E-state index in [2.05, 4.69) is 10.1 Å². The fourth-order valence-electron chi connectivity index (χ4n) is 0.864. The quantitative estimate of drug-likeness (QED) is 0.513. The van der Waals surface area contributed by atoms with Crippen LogP contribution >= 0.6 is 11.8 Å². The zero-order valence-electron chi connectivity index (χ0n) is 8.05. The van der Waals surface area contributed by atoms with Gasteiger partial charge in [-0.25, -0.2) is 4.98 Å². The van der Waals surface area contributed by atoms with E-state index >= 15 is 0 Å². The Labute approximate surface area is 86.8 Å². The van der Waals surface area contributed by atoms with E-state index < -0.39 is 0 Å². The van der Waals surface area contributed by atoms with Gasteiger partial charge in [-0.3, -0.25) is 9.48 Å². The van der Waals surface area contributed by atoms with Crippen LogP contribution in [0.1, 0.15) is 6.92 Å². The van der Waals surface area contributed by atoms with Crippen molar-refractivity contribution < 1.29 is 9.53 Å². The first-order chi connectivity index (χ1) is 6.83. The average Bonchev–Trinajstić information content (AvgIpc) is 2.65. The highest BCUT2D eigenvalue weighted by atomic mass is 32.2. The Bertz CT molecular complexity index is 264. The molecule has 5 nitrogen and oxygen atoms in total. The maximum Gasteiger partial charge on any atom is 0.315 e. The van der Waals surface area contributed by atoms with Crippen LogP contribution in [-0.4, -0.2) is 38.8 Å². The van der Waals surface area contributed by atoms with Crippen LogP contribution in [0.5, 0.6) is 0 Å². The van der Waals surface area contributed by atoms with Crippen LogP contribution in [0.25, 0.3) is 0 Å². The summed E-state index contributed by atoms with van der Waals surface area (Å²) in [4.78, 5) is 14.7. The fraction of sp³-hybridized carbons (Fsp3) is 0.625. The van der Waals surface area contributed by atoms with Gasteiger partial charge in [0.05, 0.1) is 18.9 Å². The zero-order chi connectivity index (χ0) is 10.2. The summed E-state index contributed by atoms with van der Waals surface area (Å²) in [5.41, 5.74) is 0. The Morgan fingerprint density at radius 3 is 3.14 bits per heavy atom. The van der Waals surface area contributed by atoms with Crippen LogP contribution in [0.3, 0.4) is 0 Å². The van der Waals surface area contributed by atoms with E-state index in [1.165, 1.54) is 18.1 Å². The van der Waals surface area contributed by atoms with Crippen molar-refractivity contribution in [1.29, 1.82) is 0 Å². The van der Waals surface area contributed by atoms with E-state index in [1.54, 1.807) is 17.9 Å². The molecule has 0 unspecified atom stereocenters. The Morgan fingerprint density at radius 2 is 2.50 bits per heavy atom. The average molecular weight is 215 g/mol. The SMILES string of the molecule is CCOC(=O)CSCCn1cncn1. The second kappa shape index (κ2) is 6.42. The number of hydrogen-bond donors (Lipinski definition) is 0. The van der Waals surface area contributed by atoms with Crippen molar-refractivity contribution in [2.24, 2.45) is 0 Å². The van der Waals surface area contributed by atoms with Gasteiger partial charge >= 0.3 is 5.97 Å². The van der Waals surface area contributed by atoms with Crippen molar-refractivity contribution in [3.8, 4) is 0 Å². The Morgan fingerprint density at radius 1 is 1.64 bits per heavy atom. The second-order valence-corrected chi connectivity index (χ2v) is 3.62. The van der Waals surface area contributed by atoms with Crippen LogP contribution < -0.4 is 0 Å². The van der Waals surface area contributed by atoms with Gasteiger partial charge in [0.1, 0.15) is 12.7 Å². The molecule has 14 heavy (non-hydrogen) atoms. The second-order valence-electron chi connectivity index (χ2n) is 2.52. The number of carbonyl (C=O) groups is 1. The highest BCUT2D eigenvalue weighted by molar-refractivity contribution is 7.99. The first-order valence-electron chi connectivity index (χ1n) is 4.38. The molecule has 0 fully saturated rings. The van der Waals surface area contributed by atoms with Gasteiger partial charge in [0.15, 0.2) is 0 Å². The van der Waals surface area contributed by atoms with Crippen molar-refractivity contribution in [2.75, 3.05) is 18.1 Å². The van der Waals surface area contributed by atoms with E-state index in [0.29, 0.717) is 12.4 Å². The predicted octanol–water partition coefficient (Wildman–Crippen LogP) is 0.574. The van der Waals surface area contributed by atoms with Gasteiger partial charge in [0, 0.05) is 5.75 Å². The van der Waals surface area contributed by atoms with Crippen LogP contribution in [0, 0.1) is 0 Å². The van der Waals surface area contributed by atoms with Crippen LogP contribution in [0.2, 0.25) is 0 Å². The Balaban J connectivity index is 2.02. The molecule has 0 N–H and O–H groups in total. The summed E-state index contributed by atoms with van der Waals surface area (Å²) in [5.74, 6) is 1.08. The largest absolute Gasteiger partial charge is 0.465 e. The van der Waals surface area contributed by atoms with Gasteiger partial charge in [-0.1, -0.05) is 0 Å². The summed E-state index contributed by atoms with van der Waals surface area (Å²) >= 11 is 1.54. The standard InChI is InChI=1S/C8H13N3O2S/c1-2-13-8(12)5-14-4-3-11-7-9-6-10-11/h6-7H,2-5H2,1H3. The molecule has 0 bridgehead atoms. The molecule has 1 heterocycles. The Kier molecular flexibility index (Phi) is 5.06. The van der Waals surface area contributed by atoms with Gasteiger partial charge in [-0.2, -0.15) is 5.10 Å². The number of hydrogen-bond acceptors (Lipinski definition) is 5. The molecule has 78 valence electrons. The van der Waals surface area contributed by atoms with Crippen LogP contribution in [0.4, 0.5) is 0 Å². The third-order valence-electron chi connectivity index (χ3n) is 1.46. The maximum absolute atomic E-state index is 10.9. The van der Waals surface area contributed by atoms with Gasteiger partial charge in [0.25, 0.3) is 0 Å². The summed E-state index contributed by atoms with van der Waals surface area (Å²) in [6, 6.07) is 0. The van der Waals surface area contributed by atoms with E-state index in [9.17, 15) is 4.79 Å². The number of ether oxygens (including phenoxy) is 1. The van der Waals surface area contributed by atoms with E-state index in [1.807, 2.05) is 0 Å². The lowest BCUT2D eigenvalue weighted by atomic mass is 10.7. The topological polar surface area (TPSA) is 57.0 Å². The van der Waals surface area contributed by atoms with Crippen LogP contribution in [-0.2, 0) is 16.1 Å². The molecule has 0 saturated heterocycles. The molecule has 6 heteroatoms. The minimum atomic E-state index is -0.156. The lowest BCUT2D eigenvalue weighted by molar-refractivity contribution is -0.139. The molecule has 0 saturated carbocycles. The monoisotopic (exact) mass is 215 g/mol. The molecule has 0 aliphatic rings. The number of nitrogens with zero attached hydrogens (tertiary/aromatic N) is 3. The molecule has 0 spiro atoms. The first kappa shape index (κ1) is 11.0. The van der Waals surface area contributed by atoms with Gasteiger partial charge in [-0.05, 0) is 6.92 Å². The summed E-state index contributed by atoms with van der Waals surface area (Å²) in [7, 11) is 0. The van der Waals surface area contributed by atoms with E-state index in [-0.39, 0.29) is 5.97 Å². The molecular formula is C8H13N3O2S. The minimum absolute atomic E-state index is 0.156.